The van der Waals surface area contributed by atoms with E-state index in [2.05, 4.69) is 5.32 Å². The number of nitrogens with one attached hydrogen (secondary N) is 1. The number of morpholine rings is 1. The van der Waals surface area contributed by atoms with E-state index in [0.717, 1.165) is 12.8 Å². The van der Waals surface area contributed by atoms with Crippen molar-refractivity contribution in [2.75, 3.05) is 26.2 Å². The summed E-state index contributed by atoms with van der Waals surface area (Å²) in [4.78, 5) is 12.4. The largest absolute Gasteiger partial charge is 0.376 e. The lowest BCUT2D eigenvalue weighted by Crippen LogP contribution is -2.48. The van der Waals surface area contributed by atoms with Crippen molar-refractivity contribution in [1.82, 2.24) is 9.62 Å². The molecule has 0 radical (unpaired) electrons. The van der Waals surface area contributed by atoms with E-state index in [1.165, 1.54) is 22.5 Å². The van der Waals surface area contributed by atoms with Crippen molar-refractivity contribution in [2.24, 2.45) is 0 Å². The lowest BCUT2D eigenvalue weighted by atomic mass is 10.2. The summed E-state index contributed by atoms with van der Waals surface area (Å²) < 4.78 is 38.6. The van der Waals surface area contributed by atoms with Gasteiger partial charge in [-0.05, 0) is 44.9 Å². The van der Waals surface area contributed by atoms with Crippen LogP contribution in [0, 0.1) is 0 Å². The van der Waals surface area contributed by atoms with Crippen LogP contribution in [0.1, 0.15) is 37.0 Å². The monoisotopic (exact) mass is 416 g/mol. The maximum absolute atomic E-state index is 13.1. The van der Waals surface area contributed by atoms with Gasteiger partial charge in [0.2, 0.25) is 10.0 Å². The van der Waals surface area contributed by atoms with E-state index in [1.54, 1.807) is 0 Å². The highest BCUT2D eigenvalue weighted by Crippen LogP contribution is 2.28. The minimum Gasteiger partial charge on any atom is -0.376 e. The molecule has 150 valence electrons. The van der Waals surface area contributed by atoms with E-state index in [9.17, 15) is 13.2 Å². The van der Waals surface area contributed by atoms with Gasteiger partial charge in [-0.2, -0.15) is 4.31 Å². The van der Waals surface area contributed by atoms with Gasteiger partial charge in [0, 0.05) is 31.8 Å². The number of ether oxygens (including phenoxy) is 2. The summed E-state index contributed by atoms with van der Waals surface area (Å²) in [6.45, 7) is 5.27. The molecule has 2 heterocycles. The van der Waals surface area contributed by atoms with Crippen LogP contribution in [-0.2, 0) is 19.5 Å². The van der Waals surface area contributed by atoms with Gasteiger partial charge in [0.1, 0.15) is 4.90 Å². The number of benzene rings is 1. The van der Waals surface area contributed by atoms with E-state index < -0.39 is 10.0 Å². The van der Waals surface area contributed by atoms with Crippen LogP contribution in [0.25, 0.3) is 0 Å². The molecule has 3 atom stereocenters. The fourth-order valence-corrected chi connectivity index (χ4v) is 5.51. The quantitative estimate of drug-likeness (QED) is 0.794. The summed E-state index contributed by atoms with van der Waals surface area (Å²) in [6.07, 6.45) is 1.50. The van der Waals surface area contributed by atoms with E-state index in [4.69, 9.17) is 21.1 Å². The zero-order chi connectivity index (χ0) is 19.6. The molecular weight excluding hydrogens is 392 g/mol. The highest BCUT2D eigenvalue weighted by molar-refractivity contribution is 7.89. The molecule has 0 unspecified atom stereocenters. The first-order valence-electron chi connectivity index (χ1n) is 9.12. The average molecular weight is 417 g/mol. The summed E-state index contributed by atoms with van der Waals surface area (Å²) >= 11 is 6.17. The average Bonchev–Trinajstić information content (AvgIpc) is 3.12. The number of carbonyl (C=O) groups excluding carboxylic acids is 1. The van der Waals surface area contributed by atoms with Gasteiger partial charge in [-0.3, -0.25) is 4.79 Å². The molecule has 27 heavy (non-hydrogen) atoms. The SMILES string of the molecule is C[C@H]1CN(S(=O)(=O)c2cc(C(=O)NC[C@@H]3CCCO3)ccc2Cl)C[C@H](C)O1. The Morgan fingerprint density at radius 2 is 2.00 bits per heavy atom. The summed E-state index contributed by atoms with van der Waals surface area (Å²) in [6, 6.07) is 4.31. The molecule has 2 fully saturated rings. The molecule has 2 saturated heterocycles. The van der Waals surface area contributed by atoms with E-state index >= 15 is 0 Å². The second kappa shape index (κ2) is 8.45. The van der Waals surface area contributed by atoms with Gasteiger partial charge in [-0.25, -0.2) is 8.42 Å². The first-order chi connectivity index (χ1) is 12.8. The fourth-order valence-electron chi connectivity index (χ4n) is 3.42. The third kappa shape index (κ3) is 4.81. The molecule has 2 aliphatic rings. The second-order valence-corrected chi connectivity index (χ2v) is 9.38. The topological polar surface area (TPSA) is 84.9 Å². The molecule has 1 aromatic rings. The summed E-state index contributed by atoms with van der Waals surface area (Å²) in [5.41, 5.74) is 0.255. The highest BCUT2D eigenvalue weighted by atomic mass is 35.5. The zero-order valence-corrected chi connectivity index (χ0v) is 17.1. The van der Waals surface area contributed by atoms with Crippen LogP contribution >= 0.6 is 11.6 Å². The molecule has 1 amide bonds. The molecular formula is C18H25ClN2O5S. The van der Waals surface area contributed by atoms with Crippen molar-refractivity contribution >= 4 is 27.5 Å². The van der Waals surface area contributed by atoms with Gasteiger partial charge in [0.05, 0.1) is 23.3 Å². The first kappa shape index (κ1) is 20.5. The molecule has 1 aromatic carbocycles. The molecule has 0 saturated carbocycles. The maximum atomic E-state index is 13.1. The highest BCUT2D eigenvalue weighted by Gasteiger charge is 2.34. The van der Waals surface area contributed by atoms with Crippen molar-refractivity contribution in [3.8, 4) is 0 Å². The third-order valence-electron chi connectivity index (χ3n) is 4.71. The van der Waals surface area contributed by atoms with Gasteiger partial charge < -0.3 is 14.8 Å². The lowest BCUT2D eigenvalue weighted by Gasteiger charge is -2.34. The van der Waals surface area contributed by atoms with Crippen molar-refractivity contribution in [1.29, 1.82) is 0 Å². The Labute approximate surface area is 165 Å². The Bertz CT molecular complexity index is 785. The smallest absolute Gasteiger partial charge is 0.251 e. The van der Waals surface area contributed by atoms with Gasteiger partial charge in [-0.15, -0.1) is 0 Å². The van der Waals surface area contributed by atoms with Crippen LogP contribution in [0.2, 0.25) is 5.02 Å². The lowest BCUT2D eigenvalue weighted by molar-refractivity contribution is -0.0440. The number of sulfonamides is 1. The number of hydrogen-bond acceptors (Lipinski definition) is 5. The number of amides is 1. The fraction of sp³-hybridized carbons (Fsp3) is 0.611. The second-order valence-electron chi connectivity index (χ2n) is 7.07. The van der Waals surface area contributed by atoms with Gasteiger partial charge in [-0.1, -0.05) is 11.6 Å². The van der Waals surface area contributed by atoms with Crippen LogP contribution in [0.5, 0.6) is 0 Å². The van der Waals surface area contributed by atoms with E-state index in [-0.39, 0.29) is 52.8 Å². The molecule has 3 rings (SSSR count). The maximum Gasteiger partial charge on any atom is 0.251 e. The minimum atomic E-state index is -3.83. The van der Waals surface area contributed by atoms with Gasteiger partial charge in [0.15, 0.2) is 0 Å². The number of nitrogens with zero attached hydrogens (tertiary/aromatic N) is 1. The van der Waals surface area contributed by atoms with Gasteiger partial charge >= 0.3 is 0 Å². The Morgan fingerprint density at radius 3 is 2.63 bits per heavy atom. The predicted octanol–water partition coefficient (Wildman–Crippen LogP) is 2.05. The zero-order valence-electron chi connectivity index (χ0n) is 15.5. The molecule has 0 aliphatic carbocycles. The van der Waals surface area contributed by atoms with Crippen LogP contribution < -0.4 is 5.32 Å². The molecule has 9 heteroatoms. The molecule has 7 nitrogen and oxygen atoms in total. The Morgan fingerprint density at radius 1 is 1.30 bits per heavy atom. The van der Waals surface area contributed by atoms with Crippen LogP contribution in [0.15, 0.2) is 23.1 Å². The summed E-state index contributed by atoms with van der Waals surface area (Å²) in [5.74, 6) is -0.345. The Hall–Kier alpha value is -1.19. The normalized spacial score (nSPS) is 26.9. The molecule has 0 aromatic heterocycles. The van der Waals surface area contributed by atoms with Crippen molar-refractivity contribution in [2.45, 2.75) is 49.9 Å². The van der Waals surface area contributed by atoms with E-state index in [1.807, 2.05) is 13.8 Å². The van der Waals surface area contributed by atoms with Crippen molar-refractivity contribution in [3.63, 3.8) is 0 Å². The summed E-state index contributed by atoms with van der Waals surface area (Å²) in [5, 5.41) is 2.89. The van der Waals surface area contributed by atoms with Crippen LogP contribution in [0.3, 0.4) is 0 Å². The van der Waals surface area contributed by atoms with Crippen LogP contribution in [0.4, 0.5) is 0 Å². The first-order valence-corrected chi connectivity index (χ1v) is 10.9. The number of rotatable bonds is 5. The molecule has 0 spiro atoms. The number of carbonyl (C=O) groups is 1. The van der Waals surface area contributed by atoms with Crippen molar-refractivity contribution in [3.05, 3.63) is 28.8 Å². The number of hydrogen-bond donors (Lipinski definition) is 1. The Balaban J connectivity index is 1.78. The molecule has 1 N–H and O–H groups in total. The van der Waals surface area contributed by atoms with Gasteiger partial charge in [0.25, 0.3) is 5.91 Å². The third-order valence-corrected chi connectivity index (χ3v) is 7.02. The van der Waals surface area contributed by atoms with E-state index in [0.29, 0.717) is 13.2 Å². The summed E-state index contributed by atoms with van der Waals surface area (Å²) in [7, 11) is -3.83. The van der Waals surface area contributed by atoms with Crippen molar-refractivity contribution < 1.29 is 22.7 Å². The minimum absolute atomic E-state index is 0.0146. The molecule has 2 aliphatic heterocycles. The number of halogens is 1. The van der Waals surface area contributed by atoms with Crippen LogP contribution in [-0.4, -0.2) is 63.2 Å². The predicted molar refractivity (Wildman–Crippen MR) is 102 cm³/mol. The standard InChI is InChI=1S/C18H25ClN2O5S/c1-12-10-21(11-13(2)26-12)27(23,24)17-8-14(5-6-16(17)19)18(22)20-9-15-4-3-7-25-15/h5-6,8,12-13,15H,3-4,7,9-11H2,1-2H3,(H,20,22)/t12-,13-,15-/m0/s1. The molecule has 0 bridgehead atoms. The Kier molecular flexibility index (Phi) is 6.43.